The van der Waals surface area contributed by atoms with Gasteiger partial charge in [0.2, 0.25) is 0 Å². The van der Waals surface area contributed by atoms with Crippen LogP contribution in [-0.2, 0) is 10.2 Å². The molecule has 2 nitrogen and oxygen atoms in total. The van der Waals surface area contributed by atoms with Gasteiger partial charge in [0.25, 0.3) is 0 Å². The van der Waals surface area contributed by atoms with Crippen molar-refractivity contribution in [2.75, 3.05) is 0 Å². The van der Waals surface area contributed by atoms with Crippen molar-refractivity contribution in [2.45, 2.75) is 38.5 Å². The van der Waals surface area contributed by atoms with E-state index in [9.17, 15) is 9.18 Å². The molecule has 0 heterocycles. The zero-order chi connectivity index (χ0) is 12.8. The molecule has 1 aliphatic carbocycles. The molecule has 1 aliphatic rings. The van der Waals surface area contributed by atoms with Crippen molar-refractivity contribution in [3.8, 4) is 0 Å². The molecule has 92 valence electrons. The van der Waals surface area contributed by atoms with Gasteiger partial charge < -0.3 is 5.11 Å². The Morgan fingerprint density at radius 3 is 2.59 bits per heavy atom. The quantitative estimate of drug-likeness (QED) is 0.897. The number of rotatable bonds is 3. The van der Waals surface area contributed by atoms with Crippen LogP contribution in [0, 0.1) is 19.7 Å². The maximum absolute atomic E-state index is 13.6. The molecule has 1 aromatic rings. The van der Waals surface area contributed by atoms with Crippen molar-refractivity contribution in [1.29, 1.82) is 0 Å². The monoisotopic (exact) mass is 256 g/mol. The highest BCUT2D eigenvalue weighted by Gasteiger charge is 2.48. The van der Waals surface area contributed by atoms with Crippen LogP contribution in [-0.4, -0.2) is 11.1 Å². The predicted octanol–water partition coefficient (Wildman–Crippen LogP) is 3.60. The second kappa shape index (κ2) is 3.98. The Bertz CT molecular complexity index is 466. The van der Waals surface area contributed by atoms with E-state index in [4.69, 9.17) is 16.7 Å². The molecule has 17 heavy (non-hydrogen) atoms. The van der Waals surface area contributed by atoms with Crippen molar-refractivity contribution < 1.29 is 14.3 Å². The highest BCUT2D eigenvalue weighted by atomic mass is 35.5. The van der Waals surface area contributed by atoms with Crippen LogP contribution in [0.2, 0.25) is 5.02 Å². The van der Waals surface area contributed by atoms with Crippen LogP contribution < -0.4 is 0 Å². The zero-order valence-electron chi connectivity index (χ0n) is 9.81. The number of benzene rings is 1. The van der Waals surface area contributed by atoms with E-state index in [1.807, 2.05) is 13.8 Å². The number of aryl methyl sites for hydroxylation is 1. The summed E-state index contributed by atoms with van der Waals surface area (Å²) in [5.74, 6) is -1.32. The Balaban J connectivity index is 2.55. The van der Waals surface area contributed by atoms with Gasteiger partial charge in [-0.1, -0.05) is 11.6 Å². The van der Waals surface area contributed by atoms with Crippen LogP contribution in [0.3, 0.4) is 0 Å². The van der Waals surface area contributed by atoms with Crippen LogP contribution >= 0.6 is 11.6 Å². The van der Waals surface area contributed by atoms with E-state index in [1.54, 1.807) is 0 Å². The smallest absolute Gasteiger partial charge is 0.304 e. The second-order valence-electron chi connectivity index (χ2n) is 4.84. The summed E-state index contributed by atoms with van der Waals surface area (Å²) < 4.78 is 13.6. The molecule has 2 rings (SSSR count). The van der Waals surface area contributed by atoms with Crippen molar-refractivity contribution >= 4 is 17.6 Å². The lowest BCUT2D eigenvalue weighted by molar-refractivity contribution is -0.137. The van der Waals surface area contributed by atoms with E-state index in [-0.39, 0.29) is 11.4 Å². The van der Waals surface area contributed by atoms with Crippen LogP contribution in [0.15, 0.2) is 6.07 Å². The summed E-state index contributed by atoms with van der Waals surface area (Å²) in [7, 11) is 0. The summed E-state index contributed by atoms with van der Waals surface area (Å²) in [6, 6.07) is 1.40. The van der Waals surface area contributed by atoms with E-state index in [1.165, 1.54) is 6.07 Å². The van der Waals surface area contributed by atoms with Crippen LogP contribution in [0.25, 0.3) is 0 Å². The number of carboxylic acid groups (broad SMARTS) is 1. The minimum absolute atomic E-state index is 0.0243. The number of hydrogen-bond acceptors (Lipinski definition) is 1. The number of aliphatic carboxylic acids is 1. The minimum Gasteiger partial charge on any atom is -0.481 e. The van der Waals surface area contributed by atoms with Gasteiger partial charge in [-0.3, -0.25) is 4.79 Å². The summed E-state index contributed by atoms with van der Waals surface area (Å²) in [5.41, 5.74) is 1.98. The molecular formula is C13H14ClFO2. The Morgan fingerprint density at radius 2 is 2.12 bits per heavy atom. The summed E-state index contributed by atoms with van der Waals surface area (Å²) in [6.07, 6.45) is 1.56. The van der Waals surface area contributed by atoms with Crippen LogP contribution in [0.1, 0.15) is 36.0 Å². The molecule has 0 bridgehead atoms. The average molecular weight is 257 g/mol. The van der Waals surface area contributed by atoms with Gasteiger partial charge >= 0.3 is 5.97 Å². The number of hydrogen-bond donors (Lipinski definition) is 1. The van der Waals surface area contributed by atoms with Crippen LogP contribution in [0.5, 0.6) is 0 Å². The third-order valence-corrected chi connectivity index (χ3v) is 3.98. The van der Waals surface area contributed by atoms with Gasteiger partial charge in [-0.05, 0) is 49.4 Å². The first-order chi connectivity index (χ1) is 7.87. The van der Waals surface area contributed by atoms with Gasteiger partial charge in [0.15, 0.2) is 0 Å². The van der Waals surface area contributed by atoms with Crippen molar-refractivity contribution in [3.63, 3.8) is 0 Å². The summed E-state index contributed by atoms with van der Waals surface area (Å²) in [6.45, 7) is 3.69. The van der Waals surface area contributed by atoms with Gasteiger partial charge in [0.05, 0.1) is 11.4 Å². The molecular weight excluding hydrogens is 243 g/mol. The van der Waals surface area contributed by atoms with Crippen LogP contribution in [0.4, 0.5) is 4.39 Å². The van der Waals surface area contributed by atoms with Gasteiger partial charge in [-0.25, -0.2) is 4.39 Å². The molecule has 0 amide bonds. The van der Waals surface area contributed by atoms with Crippen molar-refractivity contribution in [3.05, 3.63) is 33.6 Å². The Morgan fingerprint density at radius 1 is 1.53 bits per heavy atom. The molecule has 0 atom stereocenters. The molecule has 1 aromatic carbocycles. The fourth-order valence-electron chi connectivity index (χ4n) is 2.43. The molecule has 1 saturated carbocycles. The molecule has 1 fully saturated rings. The first-order valence-electron chi connectivity index (χ1n) is 5.55. The second-order valence-corrected chi connectivity index (χ2v) is 5.22. The predicted molar refractivity (Wildman–Crippen MR) is 64.0 cm³/mol. The fraction of sp³-hybridized carbons (Fsp3) is 0.462. The summed E-state index contributed by atoms with van der Waals surface area (Å²) in [5, 5.41) is 9.02. The molecule has 0 radical (unpaired) electrons. The summed E-state index contributed by atoms with van der Waals surface area (Å²) in [4.78, 5) is 10.9. The molecule has 1 N–H and O–H groups in total. The number of halogens is 2. The Hall–Kier alpha value is -1.09. The van der Waals surface area contributed by atoms with Gasteiger partial charge in [0.1, 0.15) is 5.82 Å². The van der Waals surface area contributed by atoms with E-state index in [0.717, 1.165) is 24.0 Å². The third kappa shape index (κ3) is 2.04. The normalized spacial score (nSPS) is 16.9. The van der Waals surface area contributed by atoms with E-state index in [2.05, 4.69) is 0 Å². The molecule has 0 unspecified atom stereocenters. The van der Waals surface area contributed by atoms with Crippen molar-refractivity contribution in [1.82, 2.24) is 0 Å². The lowest BCUT2D eigenvalue weighted by Gasteiger charge is -2.20. The molecule has 0 aromatic heterocycles. The third-order valence-electron chi connectivity index (χ3n) is 3.61. The number of carboxylic acids is 1. The zero-order valence-corrected chi connectivity index (χ0v) is 10.6. The largest absolute Gasteiger partial charge is 0.481 e. The first kappa shape index (κ1) is 12.4. The fourth-order valence-corrected chi connectivity index (χ4v) is 2.83. The van der Waals surface area contributed by atoms with E-state index in [0.29, 0.717) is 5.56 Å². The van der Waals surface area contributed by atoms with Gasteiger partial charge in [-0.15, -0.1) is 0 Å². The van der Waals surface area contributed by atoms with Gasteiger partial charge in [0, 0.05) is 5.41 Å². The minimum atomic E-state index is -0.861. The van der Waals surface area contributed by atoms with E-state index >= 15 is 0 Å². The average Bonchev–Trinajstić information content (AvgIpc) is 2.95. The van der Waals surface area contributed by atoms with Gasteiger partial charge in [-0.2, -0.15) is 0 Å². The highest BCUT2D eigenvalue weighted by molar-refractivity contribution is 6.31. The van der Waals surface area contributed by atoms with Crippen molar-refractivity contribution in [2.24, 2.45) is 0 Å². The highest BCUT2D eigenvalue weighted by Crippen LogP contribution is 2.54. The summed E-state index contributed by atoms with van der Waals surface area (Å²) >= 11 is 6.01. The molecule has 4 heteroatoms. The standard InChI is InChI=1S/C13H14ClFO2/c1-7-5-9(15)12(14)11(8(7)2)13(3-4-13)6-10(16)17/h5H,3-4,6H2,1-2H3,(H,16,17). The number of carbonyl (C=O) groups is 1. The molecule has 0 saturated heterocycles. The van der Waals surface area contributed by atoms with E-state index < -0.39 is 17.2 Å². The maximum atomic E-state index is 13.6. The Labute approximate surface area is 104 Å². The lowest BCUT2D eigenvalue weighted by Crippen LogP contribution is -2.16. The topological polar surface area (TPSA) is 37.3 Å². The Kier molecular flexibility index (Phi) is 2.90. The lowest BCUT2D eigenvalue weighted by atomic mass is 9.87. The molecule has 0 aliphatic heterocycles. The first-order valence-corrected chi connectivity index (χ1v) is 5.93. The molecule has 0 spiro atoms. The SMILES string of the molecule is Cc1cc(F)c(Cl)c(C2(CC(=O)O)CC2)c1C. The maximum Gasteiger partial charge on any atom is 0.304 e.